The van der Waals surface area contributed by atoms with Crippen molar-refractivity contribution in [3.63, 3.8) is 0 Å². The molecule has 0 aliphatic heterocycles. The molecular weight excluding hydrogens is 221 g/mol. The number of methoxy groups -OCH3 is 1. The molecule has 1 rings (SSSR count). The molecule has 0 heterocycles. The zero-order valence-corrected chi connectivity index (χ0v) is 10.0. The Kier molecular flexibility index (Phi) is 5.66. The lowest BCUT2D eigenvalue weighted by Crippen LogP contribution is -2.27. The Bertz CT molecular complexity index is 368. The van der Waals surface area contributed by atoms with Crippen molar-refractivity contribution in [3.05, 3.63) is 42.2 Å². The van der Waals surface area contributed by atoms with E-state index in [9.17, 15) is 4.39 Å². The maximum atomic E-state index is 13.7. The minimum atomic E-state index is -0.295. The second-order valence-corrected chi connectivity index (χ2v) is 3.70. The summed E-state index contributed by atoms with van der Waals surface area (Å²) in [6.07, 6.45) is 1.73. The molecule has 0 saturated heterocycles. The zero-order chi connectivity index (χ0) is 12.7. The van der Waals surface area contributed by atoms with Gasteiger partial charge in [0, 0.05) is 31.3 Å². The number of hydrogen-bond acceptors (Lipinski definition) is 3. The third kappa shape index (κ3) is 4.17. The molecule has 0 radical (unpaired) electrons. The molecule has 3 nitrogen and oxygen atoms in total. The topological polar surface area (TPSA) is 32.7 Å². The van der Waals surface area contributed by atoms with Crippen LogP contribution in [-0.2, 0) is 6.54 Å². The number of aliphatic hydroxyl groups excluding tert-OH is 1. The minimum Gasteiger partial charge on any atom is -0.497 e. The van der Waals surface area contributed by atoms with Crippen molar-refractivity contribution in [2.45, 2.75) is 6.54 Å². The maximum absolute atomic E-state index is 13.7. The second-order valence-electron chi connectivity index (χ2n) is 3.70. The molecule has 1 N–H and O–H groups in total. The van der Waals surface area contributed by atoms with Crippen LogP contribution in [0.15, 0.2) is 30.9 Å². The highest BCUT2D eigenvalue weighted by molar-refractivity contribution is 5.28. The van der Waals surface area contributed by atoms with Gasteiger partial charge in [0.25, 0.3) is 0 Å². The number of ether oxygens (including phenoxy) is 1. The van der Waals surface area contributed by atoms with Crippen LogP contribution in [-0.4, -0.2) is 36.8 Å². The summed E-state index contributed by atoms with van der Waals surface area (Å²) >= 11 is 0. The Balaban J connectivity index is 2.74. The lowest BCUT2D eigenvalue weighted by molar-refractivity contribution is 0.202. The van der Waals surface area contributed by atoms with E-state index in [1.165, 1.54) is 13.2 Å². The van der Waals surface area contributed by atoms with Crippen molar-refractivity contribution in [2.75, 3.05) is 26.8 Å². The van der Waals surface area contributed by atoms with Gasteiger partial charge in [0.2, 0.25) is 0 Å². The third-order valence-corrected chi connectivity index (χ3v) is 2.46. The molecule has 0 unspecified atom stereocenters. The molecule has 0 fully saturated rings. The van der Waals surface area contributed by atoms with Crippen LogP contribution in [0.2, 0.25) is 0 Å². The number of hydrogen-bond donors (Lipinski definition) is 1. The maximum Gasteiger partial charge on any atom is 0.131 e. The molecule has 0 aromatic heterocycles. The Hall–Kier alpha value is -1.39. The summed E-state index contributed by atoms with van der Waals surface area (Å²) in [6.45, 7) is 5.25. The molecular formula is C13H18FNO2. The van der Waals surface area contributed by atoms with E-state index in [1.807, 2.05) is 4.90 Å². The van der Waals surface area contributed by atoms with Crippen LogP contribution < -0.4 is 4.74 Å². The normalized spacial score (nSPS) is 10.6. The number of benzene rings is 1. The van der Waals surface area contributed by atoms with E-state index >= 15 is 0 Å². The first-order valence-corrected chi connectivity index (χ1v) is 5.47. The standard InChI is InChI=1S/C13H18FNO2/c1-3-6-15(7-8-16)10-11-4-5-12(17-2)9-13(11)14/h3-5,9,16H,1,6-8,10H2,2H3. The Morgan fingerprint density at radius 2 is 2.29 bits per heavy atom. The minimum absolute atomic E-state index is 0.0472. The van der Waals surface area contributed by atoms with Crippen LogP contribution in [0.1, 0.15) is 5.56 Å². The molecule has 0 atom stereocenters. The predicted octanol–water partition coefficient (Wildman–Crippen LogP) is 1.81. The van der Waals surface area contributed by atoms with Gasteiger partial charge in [0.1, 0.15) is 11.6 Å². The van der Waals surface area contributed by atoms with Crippen molar-refractivity contribution >= 4 is 0 Å². The summed E-state index contributed by atoms with van der Waals surface area (Å²) in [7, 11) is 1.50. The molecule has 1 aromatic carbocycles. The third-order valence-electron chi connectivity index (χ3n) is 2.46. The molecule has 0 bridgehead atoms. The van der Waals surface area contributed by atoms with Crippen molar-refractivity contribution in [1.82, 2.24) is 4.90 Å². The SMILES string of the molecule is C=CCN(CCO)Cc1ccc(OC)cc1F. The largest absolute Gasteiger partial charge is 0.497 e. The Morgan fingerprint density at radius 3 is 2.82 bits per heavy atom. The Morgan fingerprint density at radius 1 is 1.53 bits per heavy atom. The van der Waals surface area contributed by atoms with Gasteiger partial charge in [-0.3, -0.25) is 4.90 Å². The van der Waals surface area contributed by atoms with Gasteiger partial charge in [-0.25, -0.2) is 4.39 Å². The molecule has 0 amide bonds. The average molecular weight is 239 g/mol. The summed E-state index contributed by atoms with van der Waals surface area (Å²) in [4.78, 5) is 1.91. The first-order valence-electron chi connectivity index (χ1n) is 5.47. The molecule has 94 valence electrons. The van der Waals surface area contributed by atoms with Crippen LogP contribution in [0, 0.1) is 5.82 Å². The van der Waals surface area contributed by atoms with E-state index in [1.54, 1.807) is 18.2 Å². The van der Waals surface area contributed by atoms with Crippen molar-refractivity contribution < 1.29 is 14.2 Å². The van der Waals surface area contributed by atoms with Gasteiger partial charge in [-0.1, -0.05) is 12.1 Å². The molecule has 0 saturated carbocycles. The highest BCUT2D eigenvalue weighted by Crippen LogP contribution is 2.17. The molecule has 4 heteroatoms. The monoisotopic (exact) mass is 239 g/mol. The molecule has 1 aromatic rings. The van der Waals surface area contributed by atoms with E-state index < -0.39 is 0 Å². The molecule has 17 heavy (non-hydrogen) atoms. The summed E-state index contributed by atoms with van der Waals surface area (Å²) in [5.74, 6) is 0.208. The zero-order valence-electron chi connectivity index (χ0n) is 10.0. The van der Waals surface area contributed by atoms with Gasteiger partial charge in [0.05, 0.1) is 13.7 Å². The van der Waals surface area contributed by atoms with E-state index in [2.05, 4.69) is 6.58 Å². The first kappa shape index (κ1) is 13.7. The fourth-order valence-corrected chi connectivity index (χ4v) is 1.58. The number of rotatable bonds is 7. The Labute approximate surface area is 101 Å². The summed E-state index contributed by atoms with van der Waals surface area (Å²) < 4.78 is 18.6. The lowest BCUT2D eigenvalue weighted by atomic mass is 10.2. The van der Waals surface area contributed by atoms with Crippen LogP contribution in [0.3, 0.4) is 0 Å². The van der Waals surface area contributed by atoms with Crippen molar-refractivity contribution in [1.29, 1.82) is 0 Å². The summed E-state index contributed by atoms with van der Waals surface area (Å²) in [6, 6.07) is 4.78. The number of nitrogens with zero attached hydrogens (tertiary/aromatic N) is 1. The smallest absolute Gasteiger partial charge is 0.131 e. The van der Waals surface area contributed by atoms with Crippen LogP contribution in [0.5, 0.6) is 5.75 Å². The van der Waals surface area contributed by atoms with Gasteiger partial charge in [-0.15, -0.1) is 6.58 Å². The van der Waals surface area contributed by atoms with E-state index in [4.69, 9.17) is 9.84 Å². The van der Waals surface area contributed by atoms with Gasteiger partial charge in [-0.05, 0) is 6.07 Å². The molecule has 0 aliphatic rings. The number of halogens is 1. The van der Waals surface area contributed by atoms with Gasteiger partial charge >= 0.3 is 0 Å². The van der Waals surface area contributed by atoms with E-state index in [0.29, 0.717) is 30.9 Å². The quantitative estimate of drug-likeness (QED) is 0.737. The van der Waals surface area contributed by atoms with E-state index in [-0.39, 0.29) is 12.4 Å². The summed E-state index contributed by atoms with van der Waals surface area (Å²) in [5, 5.41) is 8.90. The van der Waals surface area contributed by atoms with Crippen molar-refractivity contribution in [2.24, 2.45) is 0 Å². The highest BCUT2D eigenvalue weighted by atomic mass is 19.1. The van der Waals surface area contributed by atoms with Crippen molar-refractivity contribution in [3.8, 4) is 5.75 Å². The van der Waals surface area contributed by atoms with Gasteiger partial charge < -0.3 is 9.84 Å². The number of aliphatic hydroxyl groups is 1. The average Bonchev–Trinajstić information content (AvgIpc) is 2.32. The fourth-order valence-electron chi connectivity index (χ4n) is 1.58. The lowest BCUT2D eigenvalue weighted by Gasteiger charge is -2.19. The predicted molar refractivity (Wildman–Crippen MR) is 65.5 cm³/mol. The van der Waals surface area contributed by atoms with Crippen LogP contribution >= 0.6 is 0 Å². The van der Waals surface area contributed by atoms with Crippen LogP contribution in [0.4, 0.5) is 4.39 Å². The van der Waals surface area contributed by atoms with E-state index in [0.717, 1.165) is 0 Å². The highest BCUT2D eigenvalue weighted by Gasteiger charge is 2.08. The van der Waals surface area contributed by atoms with Gasteiger partial charge in [0.15, 0.2) is 0 Å². The first-order chi connectivity index (χ1) is 8.21. The summed E-state index contributed by atoms with van der Waals surface area (Å²) in [5.41, 5.74) is 0.584. The van der Waals surface area contributed by atoms with Gasteiger partial charge in [-0.2, -0.15) is 0 Å². The second kappa shape index (κ2) is 7.04. The molecule has 0 spiro atoms. The fraction of sp³-hybridized carbons (Fsp3) is 0.385. The van der Waals surface area contributed by atoms with Crippen LogP contribution in [0.25, 0.3) is 0 Å². The molecule has 0 aliphatic carbocycles.